The number of hydrogen-bond acceptors (Lipinski definition) is 4. The number of hydrazone groups is 1. The third kappa shape index (κ3) is 3.10. The summed E-state index contributed by atoms with van der Waals surface area (Å²) >= 11 is 6.45. The highest BCUT2D eigenvalue weighted by atomic mass is 32.4. The van der Waals surface area contributed by atoms with Crippen LogP contribution in [0.25, 0.3) is 0 Å². The maximum Gasteiger partial charge on any atom is 0.175 e. The van der Waals surface area contributed by atoms with Gasteiger partial charge in [-0.3, -0.25) is 0 Å². The van der Waals surface area contributed by atoms with E-state index in [0.29, 0.717) is 0 Å². The van der Waals surface area contributed by atoms with Crippen molar-refractivity contribution in [2.45, 2.75) is 19.3 Å². The van der Waals surface area contributed by atoms with Gasteiger partial charge in [0.05, 0.1) is 17.2 Å². The summed E-state index contributed by atoms with van der Waals surface area (Å²) in [4.78, 5) is 6.77. The van der Waals surface area contributed by atoms with E-state index >= 15 is 0 Å². The number of nitrogens with one attached hydrogen (secondary N) is 1. The molecule has 0 fully saturated rings. The van der Waals surface area contributed by atoms with E-state index in [4.69, 9.17) is 16.9 Å². The van der Waals surface area contributed by atoms with Gasteiger partial charge in [0.25, 0.3) is 0 Å². The number of allylic oxidation sites excluding steroid dienone is 2. The molecule has 0 amide bonds. The molecule has 1 unspecified atom stereocenters. The summed E-state index contributed by atoms with van der Waals surface area (Å²) in [7, 11) is 2.12. The zero-order valence-corrected chi connectivity index (χ0v) is 19.4. The molecule has 3 aromatic rings. The van der Waals surface area contributed by atoms with Crippen molar-refractivity contribution in [2.24, 2.45) is 5.10 Å². The Kier molecular flexibility index (Phi) is 4.72. The first kappa shape index (κ1) is 20.0. The van der Waals surface area contributed by atoms with Crippen molar-refractivity contribution in [3.05, 3.63) is 95.6 Å². The van der Waals surface area contributed by atoms with Crippen LogP contribution < -0.4 is 14.8 Å². The fraction of sp³-hybridized carbons (Fsp3) is 0.167. The van der Waals surface area contributed by atoms with E-state index in [1.54, 1.807) is 6.20 Å². The number of hydrogen-bond donors (Lipinski definition) is 1. The van der Waals surface area contributed by atoms with Crippen LogP contribution in [0.5, 0.6) is 0 Å². The topological polar surface area (TPSA) is 43.8 Å². The van der Waals surface area contributed by atoms with E-state index < -0.39 is 6.34 Å². The minimum Gasteiger partial charge on any atom is -0.346 e. The lowest BCUT2D eigenvalue weighted by molar-refractivity contribution is 0.640. The molecule has 7 heteroatoms. The Balaban J connectivity index is 1.71. The molecular formula is C24H24N5PS. The third-order valence-corrected chi connectivity index (χ3v) is 9.62. The molecule has 5 rings (SSSR count). The predicted molar refractivity (Wildman–Crippen MR) is 134 cm³/mol. The number of pyridine rings is 1. The first-order chi connectivity index (χ1) is 14.9. The first-order valence-corrected chi connectivity index (χ1v) is 13.0. The van der Waals surface area contributed by atoms with Gasteiger partial charge in [-0.05, 0) is 47.7 Å². The van der Waals surface area contributed by atoms with Crippen LogP contribution in [-0.2, 0) is 17.2 Å². The highest BCUT2D eigenvalue weighted by Gasteiger charge is 2.46. The number of benzene rings is 2. The quantitative estimate of drug-likeness (QED) is 0.505. The van der Waals surface area contributed by atoms with E-state index in [1.807, 2.05) is 59.5 Å². The number of rotatable bonds is 3. The molecule has 1 atom stereocenters. The summed E-state index contributed by atoms with van der Waals surface area (Å²) in [6, 6.07) is 24.5. The monoisotopic (exact) mass is 445 g/mol. The molecule has 0 saturated carbocycles. The molecule has 2 aliphatic rings. The predicted octanol–water partition coefficient (Wildman–Crippen LogP) is 5.95. The first-order valence-electron chi connectivity index (χ1n) is 10.2. The number of nitrogens with zero attached hydrogens (tertiary/aromatic N) is 4. The molecular weight excluding hydrogens is 421 g/mol. The fourth-order valence-corrected chi connectivity index (χ4v) is 8.04. The number of para-hydroxylation sites is 2. The van der Waals surface area contributed by atoms with Gasteiger partial charge >= 0.3 is 0 Å². The molecule has 31 heavy (non-hydrogen) atoms. The summed E-state index contributed by atoms with van der Waals surface area (Å²) in [6.45, 7) is 4.52. The van der Waals surface area contributed by atoms with Gasteiger partial charge < -0.3 is 9.99 Å². The Labute approximate surface area is 188 Å². The van der Waals surface area contributed by atoms with Crippen molar-refractivity contribution >= 4 is 41.6 Å². The molecule has 3 heterocycles. The second-order valence-corrected chi connectivity index (χ2v) is 12.0. The van der Waals surface area contributed by atoms with Crippen LogP contribution in [0.1, 0.15) is 19.4 Å². The summed E-state index contributed by atoms with van der Waals surface area (Å²) in [5, 5.41) is 9.49. The second-order valence-electron chi connectivity index (χ2n) is 8.21. The van der Waals surface area contributed by atoms with Gasteiger partial charge in [-0.15, -0.1) is 0 Å². The molecule has 0 aliphatic carbocycles. The lowest BCUT2D eigenvalue weighted by atomic mass is 9.84. The number of anilines is 3. The Morgan fingerprint density at radius 3 is 2.35 bits per heavy atom. The summed E-state index contributed by atoms with van der Waals surface area (Å²) < 4.78 is 1.98. The molecule has 2 aliphatic heterocycles. The second kappa shape index (κ2) is 7.33. The molecule has 156 valence electrons. The Hall–Kier alpha value is -2.95. The van der Waals surface area contributed by atoms with Gasteiger partial charge in [-0.1, -0.05) is 56.3 Å². The Morgan fingerprint density at radius 1 is 0.935 bits per heavy atom. The Bertz CT molecular complexity index is 1240. The van der Waals surface area contributed by atoms with Gasteiger partial charge in [0.1, 0.15) is 5.82 Å². The van der Waals surface area contributed by atoms with Crippen LogP contribution in [-0.4, -0.2) is 18.2 Å². The average Bonchev–Trinajstić information content (AvgIpc) is 3.20. The smallest absolute Gasteiger partial charge is 0.175 e. The van der Waals surface area contributed by atoms with Crippen LogP contribution in [0, 0.1) is 0 Å². The maximum atomic E-state index is 6.45. The fourth-order valence-electron chi connectivity index (χ4n) is 4.50. The molecule has 5 nitrogen and oxygen atoms in total. The highest BCUT2D eigenvalue weighted by molar-refractivity contribution is 8.18. The SMILES string of the molecule is CN1/C(=C2\C=NN(c3ccccc3)P2(=S)Nc2ccccn2)C(C)(C)c2ccccc21. The molecule has 1 aromatic heterocycles. The molecule has 2 aromatic carbocycles. The van der Waals surface area contributed by atoms with Crippen molar-refractivity contribution in [3.63, 3.8) is 0 Å². The van der Waals surface area contributed by atoms with Crippen molar-refractivity contribution < 1.29 is 0 Å². The van der Waals surface area contributed by atoms with Crippen LogP contribution in [0.2, 0.25) is 0 Å². The lowest BCUT2D eigenvalue weighted by Crippen LogP contribution is -2.26. The number of aromatic nitrogens is 1. The van der Waals surface area contributed by atoms with Crippen molar-refractivity contribution in [3.8, 4) is 0 Å². The highest BCUT2D eigenvalue weighted by Crippen LogP contribution is 2.64. The van der Waals surface area contributed by atoms with Crippen molar-refractivity contribution in [1.82, 2.24) is 4.98 Å². The molecule has 0 bridgehead atoms. The van der Waals surface area contributed by atoms with Crippen LogP contribution in [0.15, 0.2) is 95.1 Å². The zero-order valence-electron chi connectivity index (χ0n) is 17.7. The standard InChI is InChI=1S/C24H24N5PS/c1-24(2)19-13-7-8-14-20(19)28(3)23(24)21-17-26-29(18-11-5-4-6-12-18)30(21,31)27-22-15-9-10-16-25-22/h4-17H,1-3H3,(H,25,27,31)/b23-21+. The number of likely N-dealkylation sites (N-methyl/N-ethyl adjacent to an activating group) is 1. The molecule has 0 saturated heterocycles. The summed E-state index contributed by atoms with van der Waals surface area (Å²) in [6.07, 6.45) is 1.17. The van der Waals surface area contributed by atoms with Gasteiger partial charge in [-0.25, -0.2) is 9.76 Å². The van der Waals surface area contributed by atoms with E-state index in [9.17, 15) is 0 Å². The van der Waals surface area contributed by atoms with Gasteiger partial charge in [0.2, 0.25) is 0 Å². The van der Waals surface area contributed by atoms with E-state index in [2.05, 4.69) is 60.1 Å². The van der Waals surface area contributed by atoms with Crippen molar-refractivity contribution in [2.75, 3.05) is 21.8 Å². The minimum atomic E-state index is -2.56. The van der Waals surface area contributed by atoms with Gasteiger partial charge in [0.15, 0.2) is 6.34 Å². The molecule has 0 radical (unpaired) electrons. The zero-order chi connectivity index (χ0) is 21.6. The van der Waals surface area contributed by atoms with Gasteiger partial charge in [-0.2, -0.15) is 5.10 Å². The minimum absolute atomic E-state index is 0.199. The normalized spacial score (nSPS) is 23.8. The maximum absolute atomic E-state index is 6.45. The molecule has 0 spiro atoms. The average molecular weight is 446 g/mol. The number of fused-ring (bicyclic) bond motifs is 1. The van der Waals surface area contributed by atoms with E-state index in [-0.39, 0.29) is 5.41 Å². The van der Waals surface area contributed by atoms with E-state index in [1.165, 1.54) is 16.9 Å². The summed E-state index contributed by atoms with van der Waals surface area (Å²) in [5.74, 6) is 0.756. The molecule has 1 N–H and O–H groups in total. The summed E-state index contributed by atoms with van der Waals surface area (Å²) in [5.41, 5.74) is 4.46. The van der Waals surface area contributed by atoms with Crippen LogP contribution in [0.3, 0.4) is 0 Å². The Morgan fingerprint density at radius 2 is 1.65 bits per heavy atom. The third-order valence-electron chi connectivity index (χ3n) is 5.91. The van der Waals surface area contributed by atoms with Crippen molar-refractivity contribution in [1.29, 1.82) is 0 Å². The van der Waals surface area contributed by atoms with Gasteiger partial charge in [0, 0.05) is 30.0 Å². The van der Waals surface area contributed by atoms with Crippen LogP contribution in [0.4, 0.5) is 17.2 Å². The van der Waals surface area contributed by atoms with Crippen LogP contribution >= 0.6 is 6.34 Å². The largest absolute Gasteiger partial charge is 0.346 e. The lowest BCUT2D eigenvalue weighted by Gasteiger charge is -2.33. The van der Waals surface area contributed by atoms with E-state index in [0.717, 1.165) is 16.8 Å².